The Hall–Kier alpha value is -2.37. The quantitative estimate of drug-likeness (QED) is 0.859. The van der Waals surface area contributed by atoms with Crippen molar-refractivity contribution in [2.45, 2.75) is 52.7 Å². The zero-order chi connectivity index (χ0) is 18.0. The number of benzene rings is 1. The smallest absolute Gasteiger partial charge is 0.339 e. The minimum Gasteiger partial charge on any atom is -0.478 e. The molecule has 0 aliphatic rings. The first-order valence-corrected chi connectivity index (χ1v) is 7.14. The molecule has 1 aromatic carbocycles. The van der Waals surface area contributed by atoms with Crippen molar-refractivity contribution in [2.75, 3.05) is 0 Å². The zero-order valence-corrected chi connectivity index (χ0v) is 14.2. The predicted molar refractivity (Wildman–Crippen MR) is 83.7 cm³/mol. The van der Waals surface area contributed by atoms with E-state index in [1.165, 1.54) is 12.1 Å². The maximum atomic E-state index is 12.3. The molecule has 0 spiro atoms. The number of carbonyl (C=O) groups is 3. The number of esters is 2. The molecule has 6 nitrogen and oxygen atoms in total. The number of ether oxygens (including phenoxy) is 2. The monoisotopic (exact) mass is 322 g/mol. The lowest BCUT2D eigenvalue weighted by molar-refractivity contribution is 0.00185. The summed E-state index contributed by atoms with van der Waals surface area (Å²) in [6, 6.07) is 3.63. The van der Waals surface area contributed by atoms with Crippen LogP contribution in [0.1, 0.15) is 72.6 Å². The van der Waals surface area contributed by atoms with Crippen molar-refractivity contribution in [3.8, 4) is 0 Å². The van der Waals surface area contributed by atoms with Gasteiger partial charge in [-0.2, -0.15) is 0 Å². The van der Waals surface area contributed by atoms with Crippen LogP contribution in [0.2, 0.25) is 0 Å². The number of carboxylic acids is 1. The van der Waals surface area contributed by atoms with Gasteiger partial charge in [-0.3, -0.25) is 0 Å². The van der Waals surface area contributed by atoms with Crippen molar-refractivity contribution in [1.82, 2.24) is 0 Å². The Labute approximate surface area is 135 Å². The molecule has 0 amide bonds. The molecule has 0 saturated carbocycles. The van der Waals surface area contributed by atoms with Crippen LogP contribution in [0.15, 0.2) is 18.2 Å². The second-order valence-electron chi connectivity index (χ2n) is 7.07. The van der Waals surface area contributed by atoms with Gasteiger partial charge >= 0.3 is 17.9 Å². The fraction of sp³-hybridized carbons (Fsp3) is 0.471. The van der Waals surface area contributed by atoms with Crippen molar-refractivity contribution < 1.29 is 29.0 Å². The minimum absolute atomic E-state index is 0.0285. The minimum atomic E-state index is -1.20. The van der Waals surface area contributed by atoms with E-state index in [1.54, 1.807) is 41.5 Å². The molecule has 23 heavy (non-hydrogen) atoms. The highest BCUT2D eigenvalue weighted by molar-refractivity contribution is 6.05. The summed E-state index contributed by atoms with van der Waals surface area (Å²) in [6.07, 6.45) is 0. The molecule has 0 aliphatic heterocycles. The van der Waals surface area contributed by atoms with Gasteiger partial charge in [0.05, 0.1) is 16.7 Å². The maximum Gasteiger partial charge on any atom is 0.339 e. The molecule has 1 rings (SSSR count). The lowest BCUT2D eigenvalue weighted by atomic mass is 10.0. The van der Waals surface area contributed by atoms with Crippen LogP contribution < -0.4 is 0 Å². The molecular formula is C17H22O6. The van der Waals surface area contributed by atoms with E-state index < -0.39 is 29.1 Å². The summed E-state index contributed by atoms with van der Waals surface area (Å²) in [7, 11) is 0. The number of aromatic carboxylic acids is 1. The molecule has 0 atom stereocenters. The van der Waals surface area contributed by atoms with E-state index in [9.17, 15) is 14.4 Å². The first-order valence-electron chi connectivity index (χ1n) is 7.14. The van der Waals surface area contributed by atoms with Crippen LogP contribution in [-0.4, -0.2) is 34.2 Å². The summed E-state index contributed by atoms with van der Waals surface area (Å²) in [4.78, 5) is 35.7. The Bertz CT molecular complexity index is 631. The highest BCUT2D eigenvalue weighted by Crippen LogP contribution is 2.20. The topological polar surface area (TPSA) is 89.9 Å². The van der Waals surface area contributed by atoms with Crippen LogP contribution in [0.3, 0.4) is 0 Å². The average Bonchev–Trinajstić information content (AvgIpc) is 2.33. The van der Waals surface area contributed by atoms with Gasteiger partial charge in [0.25, 0.3) is 0 Å². The summed E-state index contributed by atoms with van der Waals surface area (Å²) in [5, 5.41) is 9.07. The van der Waals surface area contributed by atoms with Gasteiger partial charge in [-0.25, -0.2) is 14.4 Å². The third-order valence-electron chi connectivity index (χ3n) is 2.50. The Kier molecular flexibility index (Phi) is 5.20. The normalized spacial score (nSPS) is 11.7. The molecule has 0 fully saturated rings. The summed E-state index contributed by atoms with van der Waals surface area (Å²) < 4.78 is 10.5. The highest BCUT2D eigenvalue weighted by Gasteiger charge is 2.27. The van der Waals surface area contributed by atoms with Gasteiger partial charge in [0.1, 0.15) is 11.2 Å². The average molecular weight is 322 g/mol. The SMILES string of the molecule is CC(C)(C)OC(=O)c1ccc(C(=O)O)cc1C(=O)OC(C)(C)C. The lowest BCUT2D eigenvalue weighted by Crippen LogP contribution is -2.28. The van der Waals surface area contributed by atoms with E-state index >= 15 is 0 Å². The van der Waals surface area contributed by atoms with Gasteiger partial charge in [0.2, 0.25) is 0 Å². The van der Waals surface area contributed by atoms with Crippen LogP contribution in [-0.2, 0) is 9.47 Å². The van der Waals surface area contributed by atoms with Crippen molar-refractivity contribution >= 4 is 17.9 Å². The van der Waals surface area contributed by atoms with E-state index in [1.807, 2.05) is 0 Å². The van der Waals surface area contributed by atoms with Crippen molar-refractivity contribution in [3.05, 3.63) is 34.9 Å². The highest BCUT2D eigenvalue weighted by atomic mass is 16.6. The Morgan fingerprint density at radius 3 is 1.65 bits per heavy atom. The molecule has 0 heterocycles. The van der Waals surface area contributed by atoms with Crippen LogP contribution in [0, 0.1) is 0 Å². The van der Waals surface area contributed by atoms with Crippen LogP contribution >= 0.6 is 0 Å². The van der Waals surface area contributed by atoms with E-state index in [-0.39, 0.29) is 16.7 Å². The van der Waals surface area contributed by atoms with Crippen LogP contribution in [0.4, 0.5) is 0 Å². The molecule has 1 N–H and O–H groups in total. The molecule has 0 unspecified atom stereocenters. The molecule has 126 valence electrons. The number of rotatable bonds is 3. The molecule has 0 aromatic heterocycles. The Balaban J connectivity index is 3.32. The van der Waals surface area contributed by atoms with E-state index in [0.29, 0.717) is 0 Å². The zero-order valence-electron chi connectivity index (χ0n) is 14.2. The van der Waals surface area contributed by atoms with Gasteiger partial charge in [-0.15, -0.1) is 0 Å². The molecule has 1 aromatic rings. The number of hydrogen-bond acceptors (Lipinski definition) is 5. The molecule has 0 bridgehead atoms. The number of carbonyl (C=O) groups excluding carboxylic acids is 2. The molecule has 0 saturated heterocycles. The summed E-state index contributed by atoms with van der Waals surface area (Å²) >= 11 is 0. The fourth-order valence-corrected chi connectivity index (χ4v) is 1.69. The van der Waals surface area contributed by atoms with E-state index in [2.05, 4.69) is 0 Å². The first kappa shape index (κ1) is 18.7. The standard InChI is InChI=1S/C17H22O6/c1-16(2,3)22-14(20)11-8-7-10(13(18)19)9-12(11)15(21)23-17(4,5)6/h7-9H,1-6H3,(H,18,19). The van der Waals surface area contributed by atoms with Crippen LogP contribution in [0.25, 0.3) is 0 Å². The van der Waals surface area contributed by atoms with Gasteiger partial charge in [0, 0.05) is 0 Å². The second kappa shape index (κ2) is 6.40. The number of hydrogen-bond donors (Lipinski definition) is 1. The van der Waals surface area contributed by atoms with Crippen molar-refractivity contribution in [2.24, 2.45) is 0 Å². The number of carboxylic acid groups (broad SMARTS) is 1. The van der Waals surface area contributed by atoms with Gasteiger partial charge in [0.15, 0.2) is 0 Å². The Morgan fingerprint density at radius 2 is 1.26 bits per heavy atom. The predicted octanol–water partition coefficient (Wildman–Crippen LogP) is 3.30. The maximum absolute atomic E-state index is 12.3. The third kappa shape index (κ3) is 5.73. The van der Waals surface area contributed by atoms with Crippen LogP contribution in [0.5, 0.6) is 0 Å². The first-order chi connectivity index (χ1) is 10.3. The third-order valence-corrected chi connectivity index (χ3v) is 2.50. The molecule has 0 aliphatic carbocycles. The molecular weight excluding hydrogens is 300 g/mol. The Morgan fingerprint density at radius 1 is 0.826 bits per heavy atom. The second-order valence-corrected chi connectivity index (χ2v) is 7.07. The summed E-state index contributed by atoms with van der Waals surface area (Å²) in [5.41, 5.74) is -1.79. The fourth-order valence-electron chi connectivity index (χ4n) is 1.69. The summed E-state index contributed by atoms with van der Waals surface area (Å²) in [6.45, 7) is 10.1. The summed E-state index contributed by atoms with van der Waals surface area (Å²) in [5.74, 6) is -2.69. The molecule has 0 radical (unpaired) electrons. The van der Waals surface area contributed by atoms with Gasteiger partial charge < -0.3 is 14.6 Å². The van der Waals surface area contributed by atoms with Crippen molar-refractivity contribution in [3.63, 3.8) is 0 Å². The lowest BCUT2D eigenvalue weighted by Gasteiger charge is -2.22. The van der Waals surface area contributed by atoms with E-state index in [0.717, 1.165) is 6.07 Å². The van der Waals surface area contributed by atoms with E-state index in [4.69, 9.17) is 14.6 Å². The van der Waals surface area contributed by atoms with Gasteiger partial charge in [-0.05, 0) is 59.7 Å². The van der Waals surface area contributed by atoms with Gasteiger partial charge in [-0.1, -0.05) is 0 Å². The largest absolute Gasteiger partial charge is 0.478 e. The van der Waals surface area contributed by atoms with Crippen molar-refractivity contribution in [1.29, 1.82) is 0 Å². The molecule has 6 heteroatoms.